The van der Waals surface area contributed by atoms with Gasteiger partial charge in [-0.15, -0.1) is 0 Å². The lowest BCUT2D eigenvalue weighted by atomic mass is 9.97. The van der Waals surface area contributed by atoms with Gasteiger partial charge in [0, 0.05) is 24.2 Å². The maximum Gasteiger partial charge on any atom is 0.234 e. The summed E-state index contributed by atoms with van der Waals surface area (Å²) in [6.07, 6.45) is 10.5. The van der Waals surface area contributed by atoms with Gasteiger partial charge < -0.3 is 14.8 Å². The molecule has 148 valence electrons. The van der Waals surface area contributed by atoms with Gasteiger partial charge >= 0.3 is 0 Å². The second-order valence-electron chi connectivity index (χ2n) is 7.44. The van der Waals surface area contributed by atoms with Crippen LogP contribution in [0.25, 0.3) is 0 Å². The molecule has 1 saturated heterocycles. The van der Waals surface area contributed by atoms with Gasteiger partial charge in [-0.3, -0.25) is 9.69 Å². The van der Waals surface area contributed by atoms with E-state index in [0.717, 1.165) is 49.4 Å². The molecule has 5 nitrogen and oxygen atoms in total. The fourth-order valence-corrected chi connectivity index (χ4v) is 4.20. The van der Waals surface area contributed by atoms with E-state index < -0.39 is 0 Å². The van der Waals surface area contributed by atoms with E-state index in [1.807, 2.05) is 12.1 Å². The van der Waals surface area contributed by atoms with Gasteiger partial charge in [0.2, 0.25) is 5.91 Å². The maximum atomic E-state index is 12.4. The van der Waals surface area contributed by atoms with E-state index in [-0.39, 0.29) is 11.9 Å². The summed E-state index contributed by atoms with van der Waals surface area (Å²) in [6.45, 7) is 2.13. The zero-order chi connectivity index (χ0) is 19.1. The molecule has 2 aliphatic rings. The molecule has 1 aliphatic heterocycles. The zero-order valence-electron chi connectivity index (χ0n) is 16.6. The highest BCUT2D eigenvalue weighted by molar-refractivity contribution is 5.78. The Balaban J connectivity index is 1.55. The lowest BCUT2D eigenvalue weighted by molar-refractivity contribution is -0.122. The van der Waals surface area contributed by atoms with Crippen molar-refractivity contribution in [2.75, 3.05) is 33.9 Å². The largest absolute Gasteiger partial charge is 0.497 e. The van der Waals surface area contributed by atoms with Crippen LogP contribution in [0.15, 0.2) is 29.8 Å². The summed E-state index contributed by atoms with van der Waals surface area (Å²) in [5, 5.41) is 3.10. The van der Waals surface area contributed by atoms with Crippen LogP contribution in [0.1, 0.15) is 56.6 Å². The van der Waals surface area contributed by atoms with Crippen molar-refractivity contribution < 1.29 is 14.3 Å². The van der Waals surface area contributed by atoms with E-state index in [2.05, 4.69) is 22.4 Å². The molecule has 0 aromatic heterocycles. The number of methoxy groups -OCH3 is 2. The summed E-state index contributed by atoms with van der Waals surface area (Å²) < 4.78 is 10.9. The maximum absolute atomic E-state index is 12.4. The average Bonchev–Trinajstić information content (AvgIpc) is 3.16. The SMILES string of the molecule is COc1ccc([C@@H]2CCCN2CC(=O)NCCC2=CCCCC2)c(OC)c1. The first-order valence-electron chi connectivity index (χ1n) is 10.1. The number of allylic oxidation sites excluding steroid dienone is 1. The number of hydrogen-bond donors (Lipinski definition) is 1. The molecule has 1 aliphatic carbocycles. The average molecular weight is 373 g/mol. The Labute approximate surface area is 162 Å². The Morgan fingerprint density at radius 2 is 2.11 bits per heavy atom. The third-order valence-corrected chi connectivity index (χ3v) is 5.66. The molecule has 0 bridgehead atoms. The van der Waals surface area contributed by atoms with E-state index >= 15 is 0 Å². The summed E-state index contributed by atoms with van der Waals surface area (Å²) in [4.78, 5) is 14.7. The van der Waals surface area contributed by atoms with Crippen LogP contribution in [0.3, 0.4) is 0 Å². The molecule has 5 heteroatoms. The lowest BCUT2D eigenvalue weighted by Gasteiger charge is -2.26. The van der Waals surface area contributed by atoms with Gasteiger partial charge in [0.15, 0.2) is 0 Å². The van der Waals surface area contributed by atoms with Crippen LogP contribution in [-0.2, 0) is 4.79 Å². The van der Waals surface area contributed by atoms with Crippen LogP contribution >= 0.6 is 0 Å². The van der Waals surface area contributed by atoms with Crippen LogP contribution < -0.4 is 14.8 Å². The Morgan fingerprint density at radius 3 is 2.85 bits per heavy atom. The number of hydrogen-bond acceptors (Lipinski definition) is 4. The van der Waals surface area contributed by atoms with Gasteiger partial charge in [0.05, 0.1) is 20.8 Å². The summed E-state index contributed by atoms with van der Waals surface area (Å²) in [7, 11) is 3.34. The molecule has 0 saturated carbocycles. The number of benzene rings is 1. The predicted octanol–water partition coefficient (Wildman–Crippen LogP) is 3.85. The van der Waals surface area contributed by atoms with Crippen molar-refractivity contribution in [3.05, 3.63) is 35.4 Å². The van der Waals surface area contributed by atoms with Crippen molar-refractivity contribution in [2.45, 2.75) is 51.0 Å². The lowest BCUT2D eigenvalue weighted by Crippen LogP contribution is -2.37. The molecule has 1 N–H and O–H groups in total. The molecule has 1 aromatic carbocycles. The van der Waals surface area contributed by atoms with Crippen molar-refractivity contribution >= 4 is 5.91 Å². The highest BCUT2D eigenvalue weighted by Crippen LogP contribution is 2.38. The minimum atomic E-state index is 0.116. The number of likely N-dealkylation sites (tertiary alicyclic amines) is 1. The van der Waals surface area contributed by atoms with Gasteiger partial charge in [-0.25, -0.2) is 0 Å². The Kier molecular flexibility index (Phi) is 7.16. The van der Waals surface area contributed by atoms with E-state index in [1.165, 1.54) is 31.3 Å². The molecule has 1 aromatic rings. The van der Waals surface area contributed by atoms with Gasteiger partial charge in [0.25, 0.3) is 0 Å². The van der Waals surface area contributed by atoms with Crippen LogP contribution in [-0.4, -0.2) is 44.7 Å². The molecule has 0 unspecified atom stereocenters. The third-order valence-electron chi connectivity index (χ3n) is 5.66. The molecule has 1 fully saturated rings. The number of nitrogens with one attached hydrogen (secondary N) is 1. The van der Waals surface area contributed by atoms with Gasteiger partial charge in [-0.2, -0.15) is 0 Å². The van der Waals surface area contributed by atoms with Crippen LogP contribution in [0.4, 0.5) is 0 Å². The van der Waals surface area contributed by atoms with E-state index in [1.54, 1.807) is 14.2 Å². The van der Waals surface area contributed by atoms with Crippen molar-refractivity contribution in [3.8, 4) is 11.5 Å². The summed E-state index contributed by atoms with van der Waals surface area (Å²) in [5.74, 6) is 1.73. The molecule has 27 heavy (non-hydrogen) atoms. The number of carbonyl (C=O) groups excluding carboxylic acids is 1. The minimum absolute atomic E-state index is 0.116. The molecule has 1 amide bonds. The van der Waals surface area contributed by atoms with Crippen molar-refractivity contribution in [3.63, 3.8) is 0 Å². The number of ether oxygens (including phenoxy) is 2. The van der Waals surface area contributed by atoms with Gasteiger partial charge in [0.1, 0.15) is 11.5 Å². The monoisotopic (exact) mass is 372 g/mol. The number of rotatable bonds is 8. The van der Waals surface area contributed by atoms with Crippen LogP contribution in [0.5, 0.6) is 11.5 Å². The van der Waals surface area contributed by atoms with Crippen LogP contribution in [0, 0.1) is 0 Å². The number of nitrogens with zero attached hydrogens (tertiary/aromatic N) is 1. The first-order valence-corrected chi connectivity index (χ1v) is 10.1. The fraction of sp³-hybridized carbons (Fsp3) is 0.591. The van der Waals surface area contributed by atoms with Crippen LogP contribution in [0.2, 0.25) is 0 Å². The first kappa shape index (κ1) is 19.7. The fourth-order valence-electron chi connectivity index (χ4n) is 4.20. The van der Waals surface area contributed by atoms with E-state index in [0.29, 0.717) is 6.54 Å². The molecular weight excluding hydrogens is 340 g/mol. The Bertz CT molecular complexity index is 672. The van der Waals surface area contributed by atoms with E-state index in [4.69, 9.17) is 9.47 Å². The number of carbonyl (C=O) groups is 1. The molecule has 3 rings (SSSR count). The van der Waals surface area contributed by atoms with Gasteiger partial charge in [-0.1, -0.05) is 17.7 Å². The molecule has 1 atom stereocenters. The molecule has 0 radical (unpaired) electrons. The minimum Gasteiger partial charge on any atom is -0.497 e. The van der Waals surface area contributed by atoms with Crippen molar-refractivity contribution in [1.29, 1.82) is 0 Å². The highest BCUT2D eigenvalue weighted by Gasteiger charge is 2.29. The highest BCUT2D eigenvalue weighted by atomic mass is 16.5. The number of amides is 1. The summed E-state index contributed by atoms with van der Waals surface area (Å²) in [5.41, 5.74) is 2.64. The molecule has 1 heterocycles. The Morgan fingerprint density at radius 1 is 1.22 bits per heavy atom. The van der Waals surface area contributed by atoms with Crippen molar-refractivity contribution in [1.82, 2.24) is 10.2 Å². The molecular formula is C22H32N2O3. The first-order chi connectivity index (χ1) is 13.2. The second-order valence-corrected chi connectivity index (χ2v) is 7.44. The Hall–Kier alpha value is -2.01. The quantitative estimate of drug-likeness (QED) is 0.704. The van der Waals surface area contributed by atoms with Crippen molar-refractivity contribution in [2.24, 2.45) is 0 Å². The smallest absolute Gasteiger partial charge is 0.234 e. The standard InChI is InChI=1S/C22H32N2O3/c1-26-18-10-11-19(21(15-18)27-2)20-9-6-14-24(20)16-22(25)23-13-12-17-7-4-3-5-8-17/h7,10-11,15,20H,3-6,8-9,12-14,16H2,1-2H3,(H,23,25)/t20-/m0/s1. The second kappa shape index (κ2) is 9.79. The van der Waals surface area contributed by atoms with Gasteiger partial charge in [-0.05, 0) is 57.6 Å². The predicted molar refractivity (Wildman–Crippen MR) is 107 cm³/mol. The third kappa shape index (κ3) is 5.25. The zero-order valence-corrected chi connectivity index (χ0v) is 16.6. The topological polar surface area (TPSA) is 50.8 Å². The molecule has 0 spiro atoms. The summed E-state index contributed by atoms with van der Waals surface area (Å²) >= 11 is 0. The van der Waals surface area contributed by atoms with E-state index in [9.17, 15) is 4.79 Å². The normalized spacial score (nSPS) is 20.2. The summed E-state index contributed by atoms with van der Waals surface area (Å²) in [6, 6.07) is 6.17.